The molecule has 0 saturated heterocycles. The average molecular weight is 384 g/mol. The summed E-state index contributed by atoms with van der Waals surface area (Å²) in [5.41, 5.74) is 6.16. The number of fused-ring (bicyclic) bond motifs is 1. The van der Waals surface area contributed by atoms with Crippen LogP contribution in [0.15, 0.2) is 60.8 Å². The average Bonchev–Trinajstić information content (AvgIpc) is 3.13. The van der Waals surface area contributed by atoms with E-state index < -0.39 is 0 Å². The fraction of sp³-hybridized carbons (Fsp3) is 0.208. The fourth-order valence-electron chi connectivity index (χ4n) is 3.54. The lowest BCUT2D eigenvalue weighted by Gasteiger charge is -2.11. The predicted octanol–water partition coefficient (Wildman–Crippen LogP) is 5.24. The Balaban J connectivity index is 1.77. The second-order valence-corrected chi connectivity index (χ2v) is 7.04. The topological polar surface area (TPSA) is 59.8 Å². The van der Waals surface area contributed by atoms with Gasteiger partial charge in [0.05, 0.1) is 23.0 Å². The van der Waals surface area contributed by atoms with Gasteiger partial charge in [-0.15, -0.1) is 0 Å². The number of pyridine rings is 1. The molecule has 1 amide bonds. The smallest absolute Gasteiger partial charge is 0.256 e. The second-order valence-electron chi connectivity index (χ2n) is 7.04. The molecule has 0 saturated carbocycles. The zero-order chi connectivity index (χ0) is 20.4. The first-order valence-corrected chi connectivity index (χ1v) is 9.93. The highest BCUT2D eigenvalue weighted by Gasteiger charge is 2.16. The SMILES string of the molecule is CCc1ccc(NC(=O)c2cc(-c3cnn(CC)c3C)nc3ccccc23)cc1. The minimum absolute atomic E-state index is 0.144. The van der Waals surface area contributed by atoms with Crippen LogP contribution in [0, 0.1) is 6.92 Å². The molecule has 0 spiro atoms. The molecule has 0 aliphatic carbocycles. The van der Waals surface area contributed by atoms with E-state index in [1.807, 2.05) is 72.4 Å². The normalized spacial score (nSPS) is 11.0. The van der Waals surface area contributed by atoms with Crippen molar-refractivity contribution in [1.82, 2.24) is 14.8 Å². The Morgan fingerprint density at radius 2 is 1.83 bits per heavy atom. The maximum atomic E-state index is 13.2. The lowest BCUT2D eigenvalue weighted by Crippen LogP contribution is -2.13. The van der Waals surface area contributed by atoms with E-state index in [0.717, 1.165) is 46.5 Å². The Morgan fingerprint density at radius 3 is 2.52 bits per heavy atom. The molecule has 0 atom stereocenters. The number of carbonyl (C=O) groups excluding carboxylic acids is 1. The number of hydrogen-bond acceptors (Lipinski definition) is 3. The summed E-state index contributed by atoms with van der Waals surface area (Å²) in [7, 11) is 0. The zero-order valence-corrected chi connectivity index (χ0v) is 16.9. The summed E-state index contributed by atoms with van der Waals surface area (Å²) in [6.45, 7) is 6.99. The highest BCUT2D eigenvalue weighted by atomic mass is 16.1. The van der Waals surface area contributed by atoms with Gasteiger partial charge in [0.15, 0.2) is 0 Å². The standard InChI is InChI=1S/C24H24N4O/c1-4-17-10-12-18(13-11-17)26-24(29)20-14-23(21-15-25-28(5-2)16(21)3)27-22-9-7-6-8-19(20)22/h6-15H,4-5H2,1-3H3,(H,26,29). The molecule has 2 heterocycles. The fourth-order valence-corrected chi connectivity index (χ4v) is 3.54. The third-order valence-electron chi connectivity index (χ3n) is 5.26. The highest BCUT2D eigenvalue weighted by Crippen LogP contribution is 2.27. The number of benzene rings is 2. The van der Waals surface area contributed by atoms with E-state index in [1.165, 1.54) is 5.56 Å². The summed E-state index contributed by atoms with van der Waals surface area (Å²) in [5.74, 6) is -0.144. The molecule has 29 heavy (non-hydrogen) atoms. The van der Waals surface area contributed by atoms with Crippen molar-refractivity contribution in [1.29, 1.82) is 0 Å². The third kappa shape index (κ3) is 3.63. The molecule has 0 aliphatic heterocycles. The number of anilines is 1. The quantitative estimate of drug-likeness (QED) is 0.512. The van der Waals surface area contributed by atoms with Crippen LogP contribution >= 0.6 is 0 Å². The number of nitrogens with one attached hydrogen (secondary N) is 1. The summed E-state index contributed by atoms with van der Waals surface area (Å²) in [6.07, 6.45) is 2.79. The van der Waals surface area contributed by atoms with Crippen LogP contribution in [-0.2, 0) is 13.0 Å². The molecule has 0 bridgehead atoms. The van der Waals surface area contributed by atoms with E-state index in [4.69, 9.17) is 4.98 Å². The Kier molecular flexibility index (Phi) is 5.12. The highest BCUT2D eigenvalue weighted by molar-refractivity contribution is 6.13. The Morgan fingerprint density at radius 1 is 1.07 bits per heavy atom. The van der Waals surface area contributed by atoms with Gasteiger partial charge in [0.1, 0.15) is 0 Å². The van der Waals surface area contributed by atoms with Crippen molar-refractivity contribution in [3.63, 3.8) is 0 Å². The number of hydrogen-bond donors (Lipinski definition) is 1. The number of rotatable bonds is 5. The molecular weight excluding hydrogens is 360 g/mol. The van der Waals surface area contributed by atoms with Gasteiger partial charge >= 0.3 is 0 Å². The molecule has 1 N–H and O–H groups in total. The Bertz CT molecular complexity index is 1180. The van der Waals surface area contributed by atoms with Crippen LogP contribution in [0.2, 0.25) is 0 Å². The van der Waals surface area contributed by atoms with Gasteiger partial charge in [-0.2, -0.15) is 5.10 Å². The molecule has 2 aromatic heterocycles. The molecule has 5 heteroatoms. The maximum absolute atomic E-state index is 13.2. The molecular formula is C24H24N4O. The van der Waals surface area contributed by atoms with Crippen LogP contribution in [0.25, 0.3) is 22.2 Å². The van der Waals surface area contributed by atoms with Crippen molar-refractivity contribution in [2.75, 3.05) is 5.32 Å². The van der Waals surface area contributed by atoms with Crippen molar-refractivity contribution in [3.8, 4) is 11.3 Å². The molecule has 5 nitrogen and oxygen atoms in total. The van der Waals surface area contributed by atoms with Gasteiger partial charge in [-0.1, -0.05) is 37.3 Å². The minimum Gasteiger partial charge on any atom is -0.322 e. The number of amides is 1. The lowest BCUT2D eigenvalue weighted by molar-refractivity contribution is 0.102. The number of nitrogens with zero attached hydrogens (tertiary/aromatic N) is 3. The van der Waals surface area contributed by atoms with Gasteiger partial charge in [-0.3, -0.25) is 9.48 Å². The van der Waals surface area contributed by atoms with Gasteiger partial charge < -0.3 is 5.32 Å². The predicted molar refractivity (Wildman–Crippen MR) is 117 cm³/mol. The maximum Gasteiger partial charge on any atom is 0.256 e. The first-order valence-electron chi connectivity index (χ1n) is 9.93. The van der Waals surface area contributed by atoms with Crippen LogP contribution in [0.4, 0.5) is 5.69 Å². The molecule has 0 radical (unpaired) electrons. The first-order chi connectivity index (χ1) is 14.1. The Hall–Kier alpha value is -3.47. The van der Waals surface area contributed by atoms with Gasteiger partial charge in [-0.25, -0.2) is 4.98 Å². The number of para-hydroxylation sites is 1. The van der Waals surface area contributed by atoms with E-state index in [0.29, 0.717) is 5.56 Å². The van der Waals surface area contributed by atoms with Crippen LogP contribution < -0.4 is 5.32 Å². The third-order valence-corrected chi connectivity index (χ3v) is 5.26. The van der Waals surface area contributed by atoms with Crippen molar-refractivity contribution in [3.05, 3.63) is 77.6 Å². The van der Waals surface area contributed by atoms with E-state index >= 15 is 0 Å². The summed E-state index contributed by atoms with van der Waals surface area (Å²) < 4.78 is 1.93. The van der Waals surface area contributed by atoms with Gasteiger partial charge in [-0.05, 0) is 50.1 Å². The molecule has 2 aromatic carbocycles. The molecule has 0 fully saturated rings. The minimum atomic E-state index is -0.144. The molecule has 0 aliphatic rings. The van der Waals surface area contributed by atoms with Crippen molar-refractivity contribution < 1.29 is 4.79 Å². The molecule has 4 aromatic rings. The summed E-state index contributed by atoms with van der Waals surface area (Å²) in [5, 5.41) is 8.28. The molecule has 4 rings (SSSR count). The van der Waals surface area contributed by atoms with Crippen molar-refractivity contribution >= 4 is 22.5 Å². The van der Waals surface area contributed by atoms with Crippen LogP contribution in [0.5, 0.6) is 0 Å². The van der Waals surface area contributed by atoms with Crippen molar-refractivity contribution in [2.45, 2.75) is 33.7 Å². The first kappa shape index (κ1) is 18.9. The molecule has 146 valence electrons. The molecule has 0 unspecified atom stereocenters. The largest absolute Gasteiger partial charge is 0.322 e. The van der Waals surface area contributed by atoms with Crippen LogP contribution in [-0.4, -0.2) is 20.7 Å². The number of aromatic nitrogens is 3. The number of aryl methyl sites for hydroxylation is 2. The van der Waals surface area contributed by atoms with Gasteiger partial charge in [0, 0.05) is 28.9 Å². The van der Waals surface area contributed by atoms with Crippen molar-refractivity contribution in [2.24, 2.45) is 0 Å². The summed E-state index contributed by atoms with van der Waals surface area (Å²) in [4.78, 5) is 17.9. The van der Waals surface area contributed by atoms with E-state index in [9.17, 15) is 4.79 Å². The van der Waals surface area contributed by atoms with Gasteiger partial charge in [0.25, 0.3) is 5.91 Å². The summed E-state index contributed by atoms with van der Waals surface area (Å²) in [6, 6.07) is 17.6. The summed E-state index contributed by atoms with van der Waals surface area (Å²) >= 11 is 0. The van der Waals surface area contributed by atoms with E-state index in [1.54, 1.807) is 0 Å². The lowest BCUT2D eigenvalue weighted by atomic mass is 10.0. The van der Waals surface area contributed by atoms with Crippen LogP contribution in [0.1, 0.15) is 35.5 Å². The van der Waals surface area contributed by atoms with Gasteiger partial charge in [0.2, 0.25) is 0 Å². The zero-order valence-electron chi connectivity index (χ0n) is 16.9. The monoisotopic (exact) mass is 384 g/mol. The van der Waals surface area contributed by atoms with E-state index in [2.05, 4.69) is 24.3 Å². The second kappa shape index (κ2) is 7.87. The van der Waals surface area contributed by atoms with Crippen LogP contribution in [0.3, 0.4) is 0 Å². The number of carbonyl (C=O) groups is 1. The van der Waals surface area contributed by atoms with E-state index in [-0.39, 0.29) is 5.91 Å². The Labute approximate surface area is 170 Å².